The normalized spacial score (nSPS) is 53.0. The van der Waals surface area contributed by atoms with Crippen molar-refractivity contribution in [1.82, 2.24) is 0 Å². The molecule has 0 bridgehead atoms. The van der Waals surface area contributed by atoms with Crippen molar-refractivity contribution in [3.63, 3.8) is 0 Å². The van der Waals surface area contributed by atoms with Gasteiger partial charge in [-0.05, 0) is 75.4 Å². The lowest BCUT2D eigenvalue weighted by atomic mass is 9.47. The summed E-state index contributed by atoms with van der Waals surface area (Å²) in [6.45, 7) is 8.60. The number of hydrogen-bond acceptors (Lipinski definition) is 3. The van der Waals surface area contributed by atoms with Crippen LogP contribution in [0.5, 0.6) is 0 Å². The van der Waals surface area contributed by atoms with Crippen LogP contribution in [-0.4, -0.2) is 30.7 Å². The predicted octanol–water partition coefficient (Wildman–Crippen LogP) is 4.47. The van der Waals surface area contributed by atoms with Gasteiger partial charge in [0.1, 0.15) is 0 Å². The maximum absolute atomic E-state index is 11.9. The molecule has 5 rings (SSSR count). The molecule has 0 aromatic heterocycles. The average Bonchev–Trinajstić information content (AvgIpc) is 2.92. The Morgan fingerprint density at radius 2 is 1.88 bits per heavy atom. The molecule has 5 aliphatic rings. The highest BCUT2D eigenvalue weighted by Gasteiger charge is 2.67. The van der Waals surface area contributed by atoms with E-state index in [-0.39, 0.29) is 28.3 Å². The summed E-state index contributed by atoms with van der Waals surface area (Å²) >= 11 is 0. The number of fused-ring (bicyclic) bond motifs is 6. The molecule has 0 radical (unpaired) electrons. The van der Waals surface area contributed by atoms with Crippen LogP contribution in [0.1, 0.15) is 59.3 Å². The third-order valence-electron chi connectivity index (χ3n) is 9.21. The van der Waals surface area contributed by atoms with Crippen molar-refractivity contribution < 1.29 is 14.3 Å². The SMILES string of the molecule is CC1OCCO[C@@]12CC[C@H]1[C@@H]3CCC4=CC(=O)C=C[C@]4(C)[C@H]3CC[C@@]12C. The number of ether oxygens (including phenoxy) is 2. The Hall–Kier alpha value is -0.930. The highest BCUT2D eigenvalue weighted by Crippen LogP contribution is 2.68. The average molecular weight is 357 g/mol. The Bertz CT molecular complexity index is 694. The second kappa shape index (κ2) is 5.54. The van der Waals surface area contributed by atoms with Gasteiger partial charge in [0.05, 0.1) is 24.9 Å². The lowest BCUT2D eigenvalue weighted by Gasteiger charge is -2.60. The molecule has 1 heterocycles. The maximum Gasteiger partial charge on any atom is 0.178 e. The van der Waals surface area contributed by atoms with Gasteiger partial charge in [-0.15, -0.1) is 0 Å². The molecule has 1 saturated heterocycles. The molecule has 142 valence electrons. The highest BCUT2D eigenvalue weighted by atomic mass is 16.6. The van der Waals surface area contributed by atoms with E-state index in [9.17, 15) is 4.79 Å². The summed E-state index contributed by atoms with van der Waals surface area (Å²) in [6, 6.07) is 0. The van der Waals surface area contributed by atoms with Gasteiger partial charge in [0.2, 0.25) is 0 Å². The molecule has 4 fully saturated rings. The van der Waals surface area contributed by atoms with Crippen molar-refractivity contribution in [2.45, 2.75) is 71.0 Å². The van der Waals surface area contributed by atoms with Crippen molar-refractivity contribution >= 4 is 5.78 Å². The maximum atomic E-state index is 11.9. The molecule has 26 heavy (non-hydrogen) atoms. The predicted molar refractivity (Wildman–Crippen MR) is 101 cm³/mol. The van der Waals surface area contributed by atoms with Crippen LogP contribution in [0.2, 0.25) is 0 Å². The van der Waals surface area contributed by atoms with E-state index >= 15 is 0 Å². The lowest BCUT2D eigenvalue weighted by molar-refractivity contribution is -0.252. The second-order valence-electron chi connectivity index (χ2n) is 9.85. The van der Waals surface area contributed by atoms with Crippen molar-refractivity contribution in [3.05, 3.63) is 23.8 Å². The smallest absolute Gasteiger partial charge is 0.178 e. The number of ketones is 1. The molecule has 1 spiro atoms. The monoisotopic (exact) mass is 356 g/mol. The van der Waals surface area contributed by atoms with Gasteiger partial charge in [-0.1, -0.05) is 25.5 Å². The van der Waals surface area contributed by atoms with Crippen LogP contribution in [0.25, 0.3) is 0 Å². The van der Waals surface area contributed by atoms with Gasteiger partial charge in [-0.3, -0.25) is 4.79 Å². The van der Waals surface area contributed by atoms with E-state index in [4.69, 9.17) is 9.47 Å². The molecule has 3 saturated carbocycles. The number of hydrogen-bond donors (Lipinski definition) is 0. The third-order valence-corrected chi connectivity index (χ3v) is 9.21. The fraction of sp³-hybridized carbons (Fsp3) is 0.783. The van der Waals surface area contributed by atoms with Crippen LogP contribution in [-0.2, 0) is 14.3 Å². The number of allylic oxidation sites excluding steroid dienone is 4. The fourth-order valence-corrected chi connectivity index (χ4v) is 7.84. The van der Waals surface area contributed by atoms with Gasteiger partial charge in [0.25, 0.3) is 0 Å². The molecule has 0 amide bonds. The van der Waals surface area contributed by atoms with Crippen LogP contribution < -0.4 is 0 Å². The summed E-state index contributed by atoms with van der Waals surface area (Å²) in [5, 5.41) is 0. The van der Waals surface area contributed by atoms with Gasteiger partial charge in [-0.2, -0.15) is 0 Å². The van der Waals surface area contributed by atoms with E-state index < -0.39 is 0 Å². The topological polar surface area (TPSA) is 35.5 Å². The van der Waals surface area contributed by atoms with E-state index in [0.717, 1.165) is 37.9 Å². The van der Waals surface area contributed by atoms with Crippen LogP contribution in [0.4, 0.5) is 0 Å². The van der Waals surface area contributed by atoms with Gasteiger partial charge in [0.15, 0.2) is 5.78 Å². The number of rotatable bonds is 0. The minimum absolute atomic E-state index is 0.0868. The highest BCUT2D eigenvalue weighted by molar-refractivity contribution is 6.01. The molecule has 3 nitrogen and oxygen atoms in total. The molecule has 3 heteroatoms. The van der Waals surface area contributed by atoms with Crippen molar-refractivity contribution in [2.24, 2.45) is 28.6 Å². The molecular formula is C23H32O3. The standard InChI is InChI=1S/C23H32O3/c1-15-23(26-13-12-25-15)11-8-20-18-5-4-16-14-17(24)6-9-21(16,2)19(18)7-10-22(20,23)3/h6,9,14-15,18-20H,4-5,7-8,10-13H2,1-3H3/t15?,18-,19+,20+,21+,22+,23+/m1/s1. The Morgan fingerprint density at radius 3 is 2.69 bits per heavy atom. The molecule has 0 aromatic carbocycles. The Morgan fingerprint density at radius 1 is 1.08 bits per heavy atom. The Labute approximate surface area is 157 Å². The lowest BCUT2D eigenvalue weighted by Crippen LogP contribution is -2.61. The minimum atomic E-state index is -0.0870. The molecule has 0 N–H and O–H groups in total. The molecule has 1 aliphatic heterocycles. The van der Waals surface area contributed by atoms with E-state index in [1.54, 1.807) is 0 Å². The van der Waals surface area contributed by atoms with Crippen LogP contribution in [0, 0.1) is 28.6 Å². The quantitative estimate of drug-likeness (QED) is 0.642. The molecule has 0 aromatic rings. The Balaban J connectivity index is 1.50. The summed E-state index contributed by atoms with van der Waals surface area (Å²) in [4.78, 5) is 11.9. The first kappa shape index (κ1) is 17.2. The first-order valence-corrected chi connectivity index (χ1v) is 10.6. The number of carbonyl (C=O) groups is 1. The molecule has 1 unspecified atom stereocenters. The van der Waals surface area contributed by atoms with Crippen molar-refractivity contribution in [1.29, 1.82) is 0 Å². The summed E-state index contributed by atoms with van der Waals surface area (Å²) in [5.74, 6) is 2.30. The van der Waals surface area contributed by atoms with Crippen molar-refractivity contribution in [3.8, 4) is 0 Å². The largest absolute Gasteiger partial charge is 0.373 e. The van der Waals surface area contributed by atoms with Crippen LogP contribution in [0.15, 0.2) is 23.8 Å². The van der Waals surface area contributed by atoms with E-state index in [1.807, 2.05) is 12.2 Å². The first-order valence-electron chi connectivity index (χ1n) is 10.6. The van der Waals surface area contributed by atoms with E-state index in [0.29, 0.717) is 5.92 Å². The van der Waals surface area contributed by atoms with Crippen LogP contribution in [0.3, 0.4) is 0 Å². The van der Waals surface area contributed by atoms with Crippen LogP contribution >= 0.6 is 0 Å². The minimum Gasteiger partial charge on any atom is -0.373 e. The van der Waals surface area contributed by atoms with Gasteiger partial charge in [-0.25, -0.2) is 0 Å². The molecular weight excluding hydrogens is 324 g/mol. The zero-order valence-corrected chi connectivity index (χ0v) is 16.4. The van der Waals surface area contributed by atoms with Gasteiger partial charge in [0, 0.05) is 10.8 Å². The zero-order valence-electron chi connectivity index (χ0n) is 16.4. The third kappa shape index (κ3) is 1.99. The summed E-state index contributed by atoms with van der Waals surface area (Å²) < 4.78 is 12.6. The zero-order chi connectivity index (χ0) is 18.2. The van der Waals surface area contributed by atoms with E-state index in [1.165, 1.54) is 31.3 Å². The summed E-state index contributed by atoms with van der Waals surface area (Å²) in [6.07, 6.45) is 13.4. The number of carbonyl (C=O) groups excluding carboxylic acids is 1. The fourth-order valence-electron chi connectivity index (χ4n) is 7.84. The molecule has 7 atom stereocenters. The van der Waals surface area contributed by atoms with Crippen molar-refractivity contribution in [2.75, 3.05) is 13.2 Å². The van der Waals surface area contributed by atoms with Gasteiger partial charge >= 0.3 is 0 Å². The van der Waals surface area contributed by atoms with Gasteiger partial charge < -0.3 is 9.47 Å². The summed E-state index contributed by atoms with van der Waals surface area (Å²) in [5.41, 5.74) is 1.60. The first-order chi connectivity index (χ1) is 12.4. The summed E-state index contributed by atoms with van der Waals surface area (Å²) in [7, 11) is 0. The molecule has 4 aliphatic carbocycles. The van der Waals surface area contributed by atoms with E-state index in [2.05, 4.69) is 26.8 Å². The second-order valence-corrected chi connectivity index (χ2v) is 9.85. The Kier molecular flexibility index (Phi) is 3.66.